The number of aryl methyl sites for hydroxylation is 1. The molecule has 1 aliphatic heterocycles. The van der Waals surface area contributed by atoms with Crippen molar-refractivity contribution in [2.45, 2.75) is 39.0 Å². The summed E-state index contributed by atoms with van der Waals surface area (Å²) in [5, 5.41) is 12.0. The van der Waals surface area contributed by atoms with Crippen molar-refractivity contribution in [1.82, 2.24) is 25.4 Å². The molecule has 1 atom stereocenters. The molecule has 0 bridgehead atoms. The molecular weight excluding hydrogens is 380 g/mol. The zero-order valence-corrected chi connectivity index (χ0v) is 17.1. The lowest BCUT2D eigenvalue weighted by Gasteiger charge is -2.25. The lowest BCUT2D eigenvalue weighted by atomic mass is 10.1. The maximum atomic E-state index is 5.88. The Morgan fingerprint density at radius 2 is 2.18 bits per heavy atom. The number of fused-ring (bicyclic) bond motifs is 1. The Bertz CT molecular complexity index is 777. The summed E-state index contributed by atoms with van der Waals surface area (Å²) in [6, 6.07) is 7.58. The van der Waals surface area contributed by atoms with Crippen LogP contribution in [0.15, 0.2) is 29.3 Å². The van der Waals surface area contributed by atoms with Crippen LogP contribution in [-0.2, 0) is 24.3 Å². The van der Waals surface area contributed by atoms with Crippen LogP contribution in [0.3, 0.4) is 0 Å². The first kappa shape index (κ1) is 20.4. The van der Waals surface area contributed by atoms with Gasteiger partial charge in [-0.2, -0.15) is 5.10 Å². The van der Waals surface area contributed by atoms with Crippen LogP contribution < -0.4 is 15.4 Å². The molecule has 1 aliphatic rings. The van der Waals surface area contributed by atoms with Gasteiger partial charge in [0.2, 0.25) is 0 Å². The first-order valence-corrected chi connectivity index (χ1v) is 9.90. The molecule has 152 valence electrons. The van der Waals surface area contributed by atoms with Gasteiger partial charge in [0.1, 0.15) is 24.8 Å². The Balaban J connectivity index is 1.50. The fraction of sp³-hybridized carbons (Fsp3) is 0.526. The van der Waals surface area contributed by atoms with E-state index in [1.807, 2.05) is 28.9 Å². The normalized spacial score (nSPS) is 16.5. The SMILES string of the molecule is CCNC(=NCCOc1ccc(Cl)cc1)NC1CCc2nc(COC)nn2C1. The van der Waals surface area contributed by atoms with Gasteiger partial charge in [-0.05, 0) is 37.6 Å². The number of halogens is 1. The van der Waals surface area contributed by atoms with Gasteiger partial charge in [0.15, 0.2) is 11.8 Å². The monoisotopic (exact) mass is 406 g/mol. The first-order chi connectivity index (χ1) is 13.7. The van der Waals surface area contributed by atoms with Gasteiger partial charge < -0.3 is 20.1 Å². The molecule has 1 unspecified atom stereocenters. The lowest BCUT2D eigenvalue weighted by Crippen LogP contribution is -2.47. The summed E-state index contributed by atoms with van der Waals surface area (Å²) in [4.78, 5) is 9.12. The number of hydrogen-bond acceptors (Lipinski definition) is 5. The largest absolute Gasteiger partial charge is 0.492 e. The molecule has 8 nitrogen and oxygen atoms in total. The molecule has 2 N–H and O–H groups in total. The van der Waals surface area contributed by atoms with Gasteiger partial charge in [0, 0.05) is 31.1 Å². The molecule has 1 aromatic heterocycles. The number of rotatable bonds is 8. The second-order valence-electron chi connectivity index (χ2n) is 6.50. The highest BCUT2D eigenvalue weighted by Crippen LogP contribution is 2.15. The fourth-order valence-corrected chi connectivity index (χ4v) is 3.16. The van der Waals surface area contributed by atoms with E-state index < -0.39 is 0 Å². The molecule has 3 rings (SSSR count). The van der Waals surface area contributed by atoms with Crippen LogP contribution in [0.25, 0.3) is 0 Å². The molecule has 1 aromatic carbocycles. The van der Waals surface area contributed by atoms with Gasteiger partial charge in [-0.1, -0.05) is 11.6 Å². The predicted molar refractivity (Wildman–Crippen MR) is 109 cm³/mol. The van der Waals surface area contributed by atoms with E-state index in [0.717, 1.165) is 49.3 Å². The Morgan fingerprint density at radius 3 is 2.93 bits per heavy atom. The van der Waals surface area contributed by atoms with E-state index in [1.54, 1.807) is 7.11 Å². The van der Waals surface area contributed by atoms with Crippen LogP contribution in [0.2, 0.25) is 5.02 Å². The van der Waals surface area contributed by atoms with Crippen molar-refractivity contribution in [1.29, 1.82) is 0 Å². The zero-order chi connectivity index (χ0) is 19.8. The van der Waals surface area contributed by atoms with Gasteiger partial charge in [0.25, 0.3) is 0 Å². The van der Waals surface area contributed by atoms with Crippen molar-refractivity contribution >= 4 is 17.6 Å². The summed E-state index contributed by atoms with van der Waals surface area (Å²) in [7, 11) is 1.65. The van der Waals surface area contributed by atoms with E-state index in [4.69, 9.17) is 21.1 Å². The number of ether oxygens (including phenoxy) is 2. The molecule has 0 spiro atoms. The lowest BCUT2D eigenvalue weighted by molar-refractivity contribution is 0.177. The second-order valence-corrected chi connectivity index (χ2v) is 6.94. The number of aliphatic imine (C=N–C) groups is 1. The third kappa shape index (κ3) is 5.84. The molecule has 0 radical (unpaired) electrons. The average molecular weight is 407 g/mol. The summed E-state index contributed by atoms with van der Waals surface area (Å²) in [6.45, 7) is 5.10. The van der Waals surface area contributed by atoms with Crippen molar-refractivity contribution in [2.24, 2.45) is 4.99 Å². The Kier molecular flexibility index (Phi) is 7.50. The smallest absolute Gasteiger partial charge is 0.191 e. The summed E-state index contributed by atoms with van der Waals surface area (Å²) in [5.41, 5.74) is 0. The molecule has 9 heteroatoms. The van der Waals surface area contributed by atoms with Gasteiger partial charge in [-0.25, -0.2) is 14.7 Å². The molecule has 0 saturated carbocycles. The Labute approximate surface area is 170 Å². The molecule has 0 aliphatic carbocycles. The van der Waals surface area contributed by atoms with Crippen LogP contribution in [0.5, 0.6) is 5.75 Å². The quantitative estimate of drug-likeness (QED) is 0.396. The highest BCUT2D eigenvalue weighted by Gasteiger charge is 2.22. The highest BCUT2D eigenvalue weighted by molar-refractivity contribution is 6.30. The molecule has 2 aromatic rings. The third-order valence-electron chi connectivity index (χ3n) is 4.30. The topological polar surface area (TPSA) is 85.6 Å². The number of aromatic nitrogens is 3. The maximum absolute atomic E-state index is 5.88. The summed E-state index contributed by atoms with van der Waals surface area (Å²) in [5.74, 6) is 3.32. The molecule has 2 heterocycles. The minimum absolute atomic E-state index is 0.250. The van der Waals surface area contributed by atoms with E-state index >= 15 is 0 Å². The maximum Gasteiger partial charge on any atom is 0.191 e. The number of nitrogens with zero attached hydrogens (tertiary/aromatic N) is 4. The van der Waals surface area contributed by atoms with E-state index in [9.17, 15) is 0 Å². The number of nitrogens with one attached hydrogen (secondary N) is 2. The van der Waals surface area contributed by atoms with Gasteiger partial charge >= 0.3 is 0 Å². The van der Waals surface area contributed by atoms with Crippen molar-refractivity contribution in [3.05, 3.63) is 40.9 Å². The third-order valence-corrected chi connectivity index (χ3v) is 4.56. The minimum Gasteiger partial charge on any atom is -0.492 e. The van der Waals surface area contributed by atoms with Gasteiger partial charge in [-0.15, -0.1) is 0 Å². The zero-order valence-electron chi connectivity index (χ0n) is 16.3. The number of benzene rings is 1. The predicted octanol–water partition coefficient (Wildman–Crippen LogP) is 2.03. The molecule has 0 saturated heterocycles. The van der Waals surface area contributed by atoms with Crippen molar-refractivity contribution in [2.75, 3.05) is 26.8 Å². The Morgan fingerprint density at radius 1 is 1.36 bits per heavy atom. The second kappa shape index (κ2) is 10.3. The van der Waals surface area contributed by atoms with Crippen molar-refractivity contribution in [3.8, 4) is 5.75 Å². The van der Waals surface area contributed by atoms with Gasteiger partial charge in [0.05, 0.1) is 13.1 Å². The van der Waals surface area contributed by atoms with Crippen LogP contribution in [0.4, 0.5) is 0 Å². The van der Waals surface area contributed by atoms with E-state index in [-0.39, 0.29) is 6.04 Å². The molecule has 0 amide bonds. The first-order valence-electron chi connectivity index (χ1n) is 9.52. The van der Waals surface area contributed by atoms with Gasteiger partial charge in [-0.3, -0.25) is 0 Å². The minimum atomic E-state index is 0.250. The molecule has 28 heavy (non-hydrogen) atoms. The highest BCUT2D eigenvalue weighted by atomic mass is 35.5. The van der Waals surface area contributed by atoms with E-state index in [0.29, 0.717) is 24.8 Å². The Hall–Kier alpha value is -2.32. The molecular formula is C19H27ClN6O2. The van der Waals surface area contributed by atoms with Crippen LogP contribution in [-0.4, -0.2) is 53.6 Å². The van der Waals surface area contributed by atoms with E-state index in [2.05, 4.69) is 32.6 Å². The van der Waals surface area contributed by atoms with E-state index in [1.165, 1.54) is 0 Å². The van der Waals surface area contributed by atoms with Crippen LogP contribution in [0, 0.1) is 0 Å². The number of methoxy groups -OCH3 is 1. The fourth-order valence-electron chi connectivity index (χ4n) is 3.03. The number of guanidine groups is 1. The van der Waals surface area contributed by atoms with Crippen LogP contribution in [0.1, 0.15) is 25.0 Å². The van der Waals surface area contributed by atoms with Crippen molar-refractivity contribution in [3.63, 3.8) is 0 Å². The van der Waals surface area contributed by atoms with Crippen LogP contribution >= 0.6 is 11.6 Å². The van der Waals surface area contributed by atoms with Crippen molar-refractivity contribution < 1.29 is 9.47 Å². The standard InChI is InChI=1S/C19H27ClN6O2/c1-3-21-19(22-10-11-28-16-7-4-14(20)5-8-16)23-15-6-9-18-24-17(13-27-2)25-26(18)12-15/h4-5,7-8,15H,3,6,9-13H2,1-2H3,(H2,21,22,23). The summed E-state index contributed by atoms with van der Waals surface area (Å²) < 4.78 is 12.8. The average Bonchev–Trinajstić information content (AvgIpc) is 3.08. The summed E-state index contributed by atoms with van der Waals surface area (Å²) >= 11 is 5.88. The molecule has 0 fully saturated rings. The summed E-state index contributed by atoms with van der Waals surface area (Å²) in [6.07, 6.45) is 1.87. The number of hydrogen-bond donors (Lipinski definition) is 2.